The molecule has 5 nitrogen and oxygen atoms in total. The summed E-state index contributed by atoms with van der Waals surface area (Å²) in [6.07, 6.45) is 2.53. The molecule has 6 heteroatoms. The van der Waals surface area contributed by atoms with E-state index < -0.39 is 0 Å². The van der Waals surface area contributed by atoms with Crippen molar-refractivity contribution in [2.75, 3.05) is 33.4 Å². The summed E-state index contributed by atoms with van der Waals surface area (Å²) >= 11 is 0. The Hall–Kier alpha value is -0.760. The van der Waals surface area contributed by atoms with Gasteiger partial charge in [-0.05, 0) is 19.1 Å². The summed E-state index contributed by atoms with van der Waals surface area (Å²) in [7, 11) is 1.75. The van der Waals surface area contributed by atoms with Crippen molar-refractivity contribution in [3.63, 3.8) is 0 Å². The third-order valence-corrected chi connectivity index (χ3v) is 2.21. The lowest BCUT2D eigenvalue weighted by molar-refractivity contribution is 0.152. The molecule has 18 heavy (non-hydrogen) atoms. The van der Waals surface area contributed by atoms with E-state index in [4.69, 9.17) is 9.15 Å². The maximum atomic E-state index is 5.24. The Morgan fingerprint density at radius 2 is 2.17 bits per heavy atom. The number of aliphatic imine (C=N–C) groups is 1. The average Bonchev–Trinajstić information content (AvgIpc) is 2.85. The lowest BCUT2D eigenvalue weighted by atomic mass is 10.3. The largest absolute Gasteiger partial charge is 0.469 e. The van der Waals surface area contributed by atoms with Crippen LogP contribution in [-0.2, 0) is 11.2 Å². The van der Waals surface area contributed by atoms with Crippen molar-refractivity contribution in [3.05, 3.63) is 24.2 Å². The molecule has 0 bridgehead atoms. The van der Waals surface area contributed by atoms with E-state index in [2.05, 4.69) is 15.6 Å². The molecule has 0 aliphatic carbocycles. The van der Waals surface area contributed by atoms with Crippen LogP contribution < -0.4 is 10.6 Å². The van der Waals surface area contributed by atoms with Crippen LogP contribution in [0.15, 0.2) is 27.8 Å². The van der Waals surface area contributed by atoms with Gasteiger partial charge in [0.25, 0.3) is 0 Å². The van der Waals surface area contributed by atoms with Gasteiger partial charge in [-0.25, -0.2) is 0 Å². The van der Waals surface area contributed by atoms with Crippen molar-refractivity contribution < 1.29 is 9.15 Å². The number of hydrogen-bond donors (Lipinski definition) is 2. The zero-order chi connectivity index (χ0) is 12.3. The summed E-state index contributed by atoms with van der Waals surface area (Å²) in [5.41, 5.74) is 0. The topological polar surface area (TPSA) is 58.8 Å². The van der Waals surface area contributed by atoms with Crippen molar-refractivity contribution in [3.8, 4) is 0 Å². The number of rotatable bonds is 7. The Labute approximate surface area is 125 Å². The highest BCUT2D eigenvalue weighted by atomic mass is 127. The van der Waals surface area contributed by atoms with Crippen molar-refractivity contribution in [2.24, 2.45) is 4.99 Å². The molecule has 1 rings (SSSR count). The first-order valence-electron chi connectivity index (χ1n) is 5.91. The molecular formula is C12H22IN3O2. The smallest absolute Gasteiger partial charge is 0.191 e. The van der Waals surface area contributed by atoms with E-state index in [0.717, 1.165) is 37.8 Å². The third-order valence-electron chi connectivity index (χ3n) is 2.21. The van der Waals surface area contributed by atoms with E-state index in [9.17, 15) is 0 Å². The molecule has 0 aromatic carbocycles. The average molecular weight is 367 g/mol. The predicted octanol–water partition coefficient (Wildman–Crippen LogP) is 1.64. The third kappa shape index (κ3) is 7.54. The number of guanidine groups is 1. The van der Waals surface area contributed by atoms with Gasteiger partial charge in [0.05, 0.1) is 12.9 Å². The minimum atomic E-state index is 0. The molecule has 0 unspecified atom stereocenters. The van der Waals surface area contributed by atoms with Crippen molar-refractivity contribution in [2.45, 2.75) is 13.3 Å². The van der Waals surface area contributed by atoms with Crippen LogP contribution in [0.1, 0.15) is 12.7 Å². The Morgan fingerprint density at radius 1 is 1.39 bits per heavy atom. The van der Waals surface area contributed by atoms with E-state index in [1.807, 2.05) is 19.1 Å². The Kier molecular flexibility index (Phi) is 10.9. The Balaban J connectivity index is 0.00000289. The van der Waals surface area contributed by atoms with Crippen LogP contribution in [0.2, 0.25) is 0 Å². The second-order valence-corrected chi connectivity index (χ2v) is 3.45. The van der Waals surface area contributed by atoms with E-state index in [1.165, 1.54) is 0 Å². The van der Waals surface area contributed by atoms with Gasteiger partial charge >= 0.3 is 0 Å². The van der Waals surface area contributed by atoms with Gasteiger partial charge in [0.15, 0.2) is 5.96 Å². The number of halogens is 1. The molecule has 1 aromatic heterocycles. The zero-order valence-corrected chi connectivity index (χ0v) is 13.3. The quantitative estimate of drug-likeness (QED) is 0.333. The van der Waals surface area contributed by atoms with E-state index >= 15 is 0 Å². The molecule has 0 amide bonds. The molecule has 0 saturated heterocycles. The lowest BCUT2D eigenvalue weighted by Gasteiger charge is -2.11. The van der Waals surface area contributed by atoms with Crippen LogP contribution in [0.4, 0.5) is 0 Å². The number of nitrogens with one attached hydrogen (secondary N) is 2. The number of hydrogen-bond acceptors (Lipinski definition) is 3. The van der Waals surface area contributed by atoms with Crippen LogP contribution in [0.25, 0.3) is 0 Å². The van der Waals surface area contributed by atoms with Crippen LogP contribution in [0.5, 0.6) is 0 Å². The summed E-state index contributed by atoms with van der Waals surface area (Å²) in [6.45, 7) is 4.97. The summed E-state index contributed by atoms with van der Waals surface area (Å²) in [6, 6.07) is 3.86. The fraction of sp³-hybridized carbons (Fsp3) is 0.583. The second kappa shape index (κ2) is 11.3. The number of furan rings is 1. The van der Waals surface area contributed by atoms with Crippen LogP contribution in [0, 0.1) is 0 Å². The maximum absolute atomic E-state index is 5.24. The fourth-order valence-electron chi connectivity index (χ4n) is 1.37. The van der Waals surface area contributed by atoms with Crippen LogP contribution >= 0.6 is 24.0 Å². The predicted molar refractivity (Wildman–Crippen MR) is 83.7 cm³/mol. The minimum Gasteiger partial charge on any atom is -0.469 e. The standard InChI is InChI=1S/C12H21N3O2.HI/c1-3-16-10-8-15-12(13-2)14-7-6-11-5-4-9-17-11;/h4-5,9H,3,6-8,10H2,1-2H3,(H2,13,14,15);1H. The normalized spacial score (nSPS) is 10.9. The molecule has 0 fully saturated rings. The van der Waals surface area contributed by atoms with Gasteiger partial charge in [0.2, 0.25) is 0 Å². The van der Waals surface area contributed by atoms with Gasteiger partial charge in [-0.3, -0.25) is 4.99 Å². The highest BCUT2D eigenvalue weighted by Gasteiger charge is 1.98. The molecule has 0 atom stereocenters. The number of nitrogens with zero attached hydrogens (tertiary/aromatic N) is 1. The molecule has 104 valence electrons. The van der Waals surface area contributed by atoms with E-state index in [1.54, 1.807) is 13.3 Å². The molecule has 0 saturated carbocycles. The highest BCUT2D eigenvalue weighted by Crippen LogP contribution is 1.99. The summed E-state index contributed by atoms with van der Waals surface area (Å²) < 4.78 is 10.5. The van der Waals surface area contributed by atoms with Gasteiger partial charge in [0.1, 0.15) is 5.76 Å². The highest BCUT2D eigenvalue weighted by molar-refractivity contribution is 14.0. The molecule has 1 aromatic rings. The lowest BCUT2D eigenvalue weighted by Crippen LogP contribution is -2.39. The first-order valence-corrected chi connectivity index (χ1v) is 5.91. The minimum absolute atomic E-state index is 0. The van der Waals surface area contributed by atoms with Crippen molar-refractivity contribution in [1.29, 1.82) is 0 Å². The Morgan fingerprint density at radius 3 is 2.78 bits per heavy atom. The van der Waals surface area contributed by atoms with Crippen LogP contribution in [0.3, 0.4) is 0 Å². The zero-order valence-electron chi connectivity index (χ0n) is 10.9. The maximum Gasteiger partial charge on any atom is 0.191 e. The molecule has 1 heterocycles. The monoisotopic (exact) mass is 367 g/mol. The molecule has 0 aliphatic heterocycles. The van der Waals surface area contributed by atoms with Crippen molar-refractivity contribution >= 4 is 29.9 Å². The first-order chi connectivity index (χ1) is 8.36. The fourth-order valence-corrected chi connectivity index (χ4v) is 1.37. The molecular weight excluding hydrogens is 345 g/mol. The number of ether oxygens (including phenoxy) is 1. The van der Waals surface area contributed by atoms with Gasteiger partial charge in [0, 0.05) is 33.2 Å². The van der Waals surface area contributed by atoms with Gasteiger partial charge < -0.3 is 19.8 Å². The molecule has 2 N–H and O–H groups in total. The molecule has 0 radical (unpaired) electrons. The summed E-state index contributed by atoms with van der Waals surface area (Å²) in [5, 5.41) is 6.38. The van der Waals surface area contributed by atoms with E-state index in [-0.39, 0.29) is 24.0 Å². The summed E-state index contributed by atoms with van der Waals surface area (Å²) in [5.74, 6) is 1.76. The Bertz CT molecular complexity index is 315. The molecule has 0 spiro atoms. The molecule has 0 aliphatic rings. The summed E-state index contributed by atoms with van der Waals surface area (Å²) in [4.78, 5) is 4.11. The SMILES string of the molecule is CCOCCNC(=NC)NCCc1ccco1.I. The van der Waals surface area contributed by atoms with Gasteiger partial charge in [-0.1, -0.05) is 0 Å². The van der Waals surface area contributed by atoms with Gasteiger partial charge in [-0.2, -0.15) is 0 Å². The van der Waals surface area contributed by atoms with Crippen LogP contribution in [-0.4, -0.2) is 39.3 Å². The second-order valence-electron chi connectivity index (χ2n) is 3.45. The van der Waals surface area contributed by atoms with Crippen molar-refractivity contribution in [1.82, 2.24) is 10.6 Å². The van der Waals surface area contributed by atoms with E-state index in [0.29, 0.717) is 6.61 Å². The van der Waals surface area contributed by atoms with Gasteiger partial charge in [-0.15, -0.1) is 24.0 Å². The first kappa shape index (κ1) is 17.2.